The van der Waals surface area contributed by atoms with Crippen molar-refractivity contribution in [3.8, 4) is 23.0 Å². The van der Waals surface area contributed by atoms with Gasteiger partial charge in [0.15, 0.2) is 16.6 Å². The van der Waals surface area contributed by atoms with E-state index in [9.17, 15) is 14.7 Å². The number of aromatic nitrogens is 1. The van der Waals surface area contributed by atoms with Crippen LogP contribution in [-0.2, 0) is 9.59 Å². The van der Waals surface area contributed by atoms with Crippen molar-refractivity contribution < 1.29 is 28.9 Å². The van der Waals surface area contributed by atoms with Crippen molar-refractivity contribution in [1.29, 1.82) is 0 Å². The van der Waals surface area contributed by atoms with Gasteiger partial charge in [-0.2, -0.15) is 0 Å². The Bertz CT molecular complexity index is 1900. The number of carbonyl (C=O) groups excluding carboxylic acids is 2. The summed E-state index contributed by atoms with van der Waals surface area (Å²) < 4.78 is 18.3. The fourth-order valence-electron chi connectivity index (χ4n) is 5.19. The van der Waals surface area contributed by atoms with E-state index < -0.39 is 17.7 Å². The molecular formula is C33H24N2O6S. The van der Waals surface area contributed by atoms with Crippen LogP contribution in [-0.4, -0.2) is 35.0 Å². The molecule has 0 spiro atoms. The number of ether oxygens (including phenoxy) is 3. The van der Waals surface area contributed by atoms with Crippen LogP contribution >= 0.6 is 11.3 Å². The van der Waals surface area contributed by atoms with E-state index in [1.807, 2.05) is 55.5 Å². The van der Waals surface area contributed by atoms with Gasteiger partial charge in [0.1, 0.15) is 30.5 Å². The van der Waals surface area contributed by atoms with Crippen molar-refractivity contribution in [1.82, 2.24) is 4.98 Å². The van der Waals surface area contributed by atoms with E-state index in [2.05, 4.69) is 0 Å². The number of hydrogen-bond donors (Lipinski definition) is 1. The van der Waals surface area contributed by atoms with Crippen molar-refractivity contribution in [2.45, 2.75) is 13.0 Å². The molecule has 1 amide bonds. The molecule has 1 fully saturated rings. The third kappa shape index (κ3) is 4.53. The molecule has 2 aliphatic heterocycles. The molecule has 5 aromatic rings. The largest absolute Gasteiger partial charge is 0.507 e. The van der Waals surface area contributed by atoms with Crippen LogP contribution in [0.3, 0.4) is 0 Å². The van der Waals surface area contributed by atoms with Crippen molar-refractivity contribution in [3.63, 3.8) is 0 Å². The molecule has 0 radical (unpaired) electrons. The Balaban J connectivity index is 1.39. The number of amides is 1. The van der Waals surface area contributed by atoms with Gasteiger partial charge >= 0.3 is 5.91 Å². The van der Waals surface area contributed by atoms with Gasteiger partial charge in [-0.15, -0.1) is 0 Å². The zero-order valence-electron chi connectivity index (χ0n) is 22.4. The number of fused-ring (bicyclic) bond motifs is 2. The molecule has 1 atom stereocenters. The molecule has 3 heterocycles. The quantitative estimate of drug-likeness (QED) is 0.140. The van der Waals surface area contributed by atoms with Gasteiger partial charge in [0, 0.05) is 5.56 Å². The van der Waals surface area contributed by atoms with E-state index in [1.54, 1.807) is 42.5 Å². The monoisotopic (exact) mass is 576 g/mol. The van der Waals surface area contributed by atoms with Crippen LogP contribution in [0.1, 0.15) is 22.7 Å². The zero-order chi connectivity index (χ0) is 28.8. The summed E-state index contributed by atoms with van der Waals surface area (Å²) in [6, 6.07) is 26.3. The Morgan fingerprint density at radius 2 is 1.69 bits per heavy atom. The van der Waals surface area contributed by atoms with Gasteiger partial charge in [-0.1, -0.05) is 47.7 Å². The first-order valence-electron chi connectivity index (χ1n) is 13.4. The fraction of sp³-hybridized carbons (Fsp3) is 0.121. The highest BCUT2D eigenvalue weighted by molar-refractivity contribution is 7.22. The molecule has 2 aliphatic rings. The van der Waals surface area contributed by atoms with Gasteiger partial charge in [-0.25, -0.2) is 4.98 Å². The molecule has 4 aromatic carbocycles. The minimum Gasteiger partial charge on any atom is -0.507 e. The van der Waals surface area contributed by atoms with Crippen LogP contribution in [0.25, 0.3) is 16.0 Å². The first kappa shape index (κ1) is 25.8. The highest BCUT2D eigenvalue weighted by Gasteiger charge is 2.48. The maximum Gasteiger partial charge on any atom is 0.301 e. The molecule has 0 saturated carbocycles. The van der Waals surface area contributed by atoms with Gasteiger partial charge in [-0.3, -0.25) is 14.5 Å². The Kier molecular flexibility index (Phi) is 6.36. The van der Waals surface area contributed by atoms with Crippen LogP contribution in [0.15, 0.2) is 96.6 Å². The van der Waals surface area contributed by atoms with Crippen LogP contribution in [0, 0.1) is 6.92 Å². The number of benzene rings is 4. The smallest absolute Gasteiger partial charge is 0.301 e. The Morgan fingerprint density at radius 1 is 0.905 bits per heavy atom. The summed E-state index contributed by atoms with van der Waals surface area (Å²) in [4.78, 5) is 33.5. The molecule has 7 rings (SSSR count). The van der Waals surface area contributed by atoms with Gasteiger partial charge in [0.25, 0.3) is 5.78 Å². The SMILES string of the molecule is Cc1ccc2nc(N3C(=O)C(=O)C(=C(O)c4ccc5c(c4)OCCO5)[C@H]3c3cccc(Oc4ccccc4)c3)sc2c1. The second kappa shape index (κ2) is 10.4. The van der Waals surface area contributed by atoms with Gasteiger partial charge < -0.3 is 19.3 Å². The third-order valence-corrected chi connectivity index (χ3v) is 8.17. The number of aryl methyl sites for hydroxylation is 1. The maximum atomic E-state index is 13.7. The van der Waals surface area contributed by atoms with Crippen LogP contribution in [0.4, 0.5) is 5.13 Å². The van der Waals surface area contributed by atoms with Crippen LogP contribution in [0.5, 0.6) is 23.0 Å². The molecule has 42 heavy (non-hydrogen) atoms. The number of nitrogens with zero attached hydrogens (tertiary/aromatic N) is 2. The maximum absolute atomic E-state index is 13.7. The second-order valence-electron chi connectivity index (χ2n) is 9.98. The standard InChI is InChI=1S/C33H24N2O6S/c1-19-10-12-24-27(16-19)42-33(34-24)35-29(20-6-5-9-23(17-20)41-22-7-3-2-4-8-22)28(31(37)32(35)38)30(36)21-11-13-25-26(18-21)40-15-14-39-25/h2-13,16-18,29,36H,14-15H2,1H3/t29-/m1/s1. The number of Topliss-reactive ketones (excluding diaryl/α,β-unsaturated/α-hetero) is 1. The average molecular weight is 577 g/mol. The van der Waals surface area contributed by atoms with Gasteiger partial charge in [0.2, 0.25) is 0 Å². The summed E-state index contributed by atoms with van der Waals surface area (Å²) in [5.74, 6) is 0.261. The minimum atomic E-state index is -0.959. The predicted molar refractivity (Wildman–Crippen MR) is 160 cm³/mol. The Morgan fingerprint density at radius 3 is 2.52 bits per heavy atom. The molecule has 1 N–H and O–H groups in total. The molecule has 208 valence electrons. The zero-order valence-corrected chi connectivity index (χ0v) is 23.3. The summed E-state index contributed by atoms with van der Waals surface area (Å²) >= 11 is 1.32. The summed E-state index contributed by atoms with van der Waals surface area (Å²) in [6.07, 6.45) is 0. The minimum absolute atomic E-state index is 0.0519. The summed E-state index contributed by atoms with van der Waals surface area (Å²) in [6.45, 7) is 2.77. The van der Waals surface area contributed by atoms with Crippen LogP contribution < -0.4 is 19.1 Å². The second-order valence-corrected chi connectivity index (χ2v) is 11.0. The van der Waals surface area contributed by atoms with E-state index in [0.29, 0.717) is 58.0 Å². The fourth-order valence-corrected chi connectivity index (χ4v) is 6.28. The van der Waals surface area contributed by atoms with Crippen molar-refractivity contribution in [2.75, 3.05) is 18.1 Å². The number of thiazole rings is 1. The molecule has 1 aromatic heterocycles. The molecule has 8 nitrogen and oxygen atoms in total. The lowest BCUT2D eigenvalue weighted by atomic mass is 9.95. The third-order valence-electron chi connectivity index (χ3n) is 7.15. The molecule has 1 saturated heterocycles. The Hall–Kier alpha value is -5.15. The molecular weight excluding hydrogens is 552 g/mol. The number of carbonyl (C=O) groups is 2. The number of aliphatic hydroxyl groups excluding tert-OH is 1. The average Bonchev–Trinajstić information content (AvgIpc) is 3.54. The molecule has 0 unspecified atom stereocenters. The van der Waals surface area contributed by atoms with E-state index in [1.165, 1.54) is 16.2 Å². The topological polar surface area (TPSA) is 98.2 Å². The van der Waals surface area contributed by atoms with Gasteiger partial charge in [-0.05, 0) is 72.6 Å². The summed E-state index contributed by atoms with van der Waals surface area (Å²) in [5.41, 5.74) is 2.63. The predicted octanol–water partition coefficient (Wildman–Crippen LogP) is 6.79. The summed E-state index contributed by atoms with van der Waals surface area (Å²) in [7, 11) is 0. The number of ketones is 1. The first-order chi connectivity index (χ1) is 20.5. The first-order valence-corrected chi connectivity index (χ1v) is 14.2. The lowest BCUT2D eigenvalue weighted by molar-refractivity contribution is -0.132. The lowest BCUT2D eigenvalue weighted by Crippen LogP contribution is -2.29. The van der Waals surface area contributed by atoms with Crippen molar-refractivity contribution in [3.05, 3.63) is 113 Å². The number of hydrogen-bond acceptors (Lipinski definition) is 8. The van der Waals surface area contributed by atoms with Crippen LogP contribution in [0.2, 0.25) is 0 Å². The van der Waals surface area contributed by atoms with E-state index in [-0.39, 0.29) is 11.3 Å². The molecule has 0 bridgehead atoms. The normalized spacial score (nSPS) is 17.5. The highest BCUT2D eigenvalue weighted by atomic mass is 32.1. The Labute approximate surface area is 245 Å². The highest BCUT2D eigenvalue weighted by Crippen LogP contribution is 2.46. The number of para-hydroxylation sites is 1. The van der Waals surface area contributed by atoms with Crippen molar-refractivity contribution in [2.24, 2.45) is 0 Å². The van der Waals surface area contributed by atoms with E-state index >= 15 is 0 Å². The number of rotatable bonds is 5. The number of anilines is 1. The summed E-state index contributed by atoms with van der Waals surface area (Å²) in [5, 5.41) is 12.0. The van der Waals surface area contributed by atoms with E-state index in [0.717, 1.165) is 10.3 Å². The van der Waals surface area contributed by atoms with Gasteiger partial charge in [0.05, 0.1) is 21.8 Å². The molecule has 0 aliphatic carbocycles. The van der Waals surface area contributed by atoms with Crippen molar-refractivity contribution >= 4 is 44.1 Å². The number of aliphatic hydroxyl groups is 1. The lowest BCUT2D eigenvalue weighted by Gasteiger charge is -2.23. The molecule has 9 heteroatoms. The van der Waals surface area contributed by atoms with E-state index in [4.69, 9.17) is 19.2 Å².